The van der Waals surface area contributed by atoms with Crippen LogP contribution in [0.4, 0.5) is 0 Å². The summed E-state index contributed by atoms with van der Waals surface area (Å²) >= 11 is 0. The van der Waals surface area contributed by atoms with Gasteiger partial charge < -0.3 is 4.74 Å². The lowest BCUT2D eigenvalue weighted by Gasteiger charge is -2.06. The van der Waals surface area contributed by atoms with E-state index in [2.05, 4.69) is 4.99 Å². The van der Waals surface area contributed by atoms with Crippen molar-refractivity contribution in [2.75, 3.05) is 6.61 Å². The molecule has 0 saturated carbocycles. The van der Waals surface area contributed by atoms with Crippen LogP contribution < -0.4 is 4.74 Å². The van der Waals surface area contributed by atoms with Crippen LogP contribution in [-0.2, 0) is 9.84 Å². The molecule has 0 spiro atoms. The number of allylic oxidation sites excluding steroid dienone is 1. The maximum absolute atomic E-state index is 11.6. The Hall–Kier alpha value is -1.62. The third kappa shape index (κ3) is 2.74. The van der Waals surface area contributed by atoms with Crippen molar-refractivity contribution in [3.8, 4) is 5.75 Å². The van der Waals surface area contributed by atoms with Gasteiger partial charge in [0.15, 0.2) is 5.04 Å². The highest BCUT2D eigenvalue weighted by Gasteiger charge is 2.23. The third-order valence-corrected chi connectivity index (χ3v) is 3.82. The third-order valence-electron chi connectivity index (χ3n) is 2.31. The Labute approximate surface area is 101 Å². The number of nitrogens with zero attached hydrogens (tertiary/aromatic N) is 1. The molecule has 0 unspecified atom stereocenters. The van der Waals surface area contributed by atoms with Gasteiger partial charge in [-0.15, -0.1) is 0 Å². The summed E-state index contributed by atoms with van der Waals surface area (Å²) in [6, 6.07) is 7.44. The molecule has 0 bridgehead atoms. The molecule has 1 heterocycles. The second kappa shape index (κ2) is 4.33. The second-order valence-corrected chi connectivity index (χ2v) is 5.71. The van der Waals surface area contributed by atoms with Crippen LogP contribution in [0.25, 0.3) is 0 Å². The molecule has 0 amide bonds. The van der Waals surface area contributed by atoms with Crippen molar-refractivity contribution in [1.29, 1.82) is 0 Å². The van der Waals surface area contributed by atoms with Crippen LogP contribution >= 0.6 is 0 Å². The van der Waals surface area contributed by atoms with E-state index < -0.39 is 9.84 Å². The fourth-order valence-corrected chi connectivity index (χ4v) is 2.68. The molecule has 1 aliphatic rings. The minimum Gasteiger partial charge on any atom is -0.487 e. The van der Waals surface area contributed by atoms with Crippen LogP contribution in [0.2, 0.25) is 0 Å². The van der Waals surface area contributed by atoms with Crippen molar-refractivity contribution in [1.82, 2.24) is 0 Å². The molecule has 0 aliphatic carbocycles. The lowest BCUT2D eigenvalue weighted by Crippen LogP contribution is -2.17. The Balaban J connectivity index is 2.08. The van der Waals surface area contributed by atoms with Crippen LogP contribution in [-0.4, -0.2) is 20.1 Å². The molecule has 0 atom stereocenters. The highest BCUT2D eigenvalue weighted by atomic mass is 32.2. The topological polar surface area (TPSA) is 55.7 Å². The van der Waals surface area contributed by atoms with E-state index >= 15 is 0 Å². The Bertz CT molecular complexity index is 600. The van der Waals surface area contributed by atoms with Crippen molar-refractivity contribution < 1.29 is 13.2 Å². The Morgan fingerprint density at radius 3 is 2.65 bits per heavy atom. The molecule has 1 aromatic rings. The van der Waals surface area contributed by atoms with Gasteiger partial charge in [-0.1, -0.05) is 12.1 Å². The summed E-state index contributed by atoms with van der Waals surface area (Å²) in [5.74, 6) is 0.646. The van der Waals surface area contributed by atoms with E-state index in [9.17, 15) is 8.42 Å². The number of aryl methyl sites for hydroxylation is 1. The van der Waals surface area contributed by atoms with Crippen molar-refractivity contribution in [2.45, 2.75) is 13.8 Å². The zero-order chi connectivity index (χ0) is 12.5. The van der Waals surface area contributed by atoms with Crippen LogP contribution in [0.15, 0.2) is 40.4 Å². The van der Waals surface area contributed by atoms with Gasteiger partial charge in [0.05, 0.1) is 11.1 Å². The molecule has 0 aromatic heterocycles. The minimum absolute atomic E-state index is 0.0281. The Morgan fingerprint density at radius 2 is 2.06 bits per heavy atom. The zero-order valence-corrected chi connectivity index (χ0v) is 10.5. The van der Waals surface area contributed by atoms with E-state index in [0.29, 0.717) is 11.4 Å². The average molecular weight is 251 g/mol. The first kappa shape index (κ1) is 11.9. The van der Waals surface area contributed by atoms with Gasteiger partial charge >= 0.3 is 0 Å². The zero-order valence-electron chi connectivity index (χ0n) is 9.67. The van der Waals surface area contributed by atoms with E-state index in [1.54, 1.807) is 13.0 Å². The van der Waals surface area contributed by atoms with Crippen LogP contribution in [0.5, 0.6) is 5.75 Å². The number of benzene rings is 1. The maximum atomic E-state index is 11.6. The van der Waals surface area contributed by atoms with Crippen LogP contribution in [0.3, 0.4) is 0 Å². The second-order valence-electron chi connectivity index (χ2n) is 3.91. The van der Waals surface area contributed by atoms with E-state index in [4.69, 9.17) is 4.74 Å². The lowest BCUT2D eigenvalue weighted by atomic mass is 10.2. The summed E-state index contributed by atoms with van der Waals surface area (Å²) in [6.45, 7) is 3.57. The molecule has 17 heavy (non-hydrogen) atoms. The summed E-state index contributed by atoms with van der Waals surface area (Å²) in [5.41, 5.74) is 1.56. The van der Waals surface area contributed by atoms with E-state index in [-0.39, 0.29) is 11.7 Å². The van der Waals surface area contributed by atoms with E-state index in [0.717, 1.165) is 11.0 Å². The summed E-state index contributed by atoms with van der Waals surface area (Å²) in [6.07, 6.45) is 0. The van der Waals surface area contributed by atoms with Crippen LogP contribution in [0, 0.1) is 6.92 Å². The molecular formula is C12H13NO3S. The van der Waals surface area contributed by atoms with Crippen molar-refractivity contribution >= 4 is 14.9 Å². The first-order valence-corrected chi connectivity index (χ1v) is 6.72. The minimum atomic E-state index is -3.35. The molecular weight excluding hydrogens is 238 g/mol. The summed E-state index contributed by atoms with van der Waals surface area (Å²) in [5, 5.41) is 1.22. The van der Waals surface area contributed by atoms with Gasteiger partial charge in [-0.05, 0) is 31.5 Å². The van der Waals surface area contributed by atoms with Crippen molar-refractivity contribution in [3.63, 3.8) is 0 Å². The first-order chi connectivity index (χ1) is 7.97. The highest BCUT2D eigenvalue weighted by molar-refractivity contribution is 8.09. The lowest BCUT2D eigenvalue weighted by molar-refractivity contribution is 0.378. The summed E-state index contributed by atoms with van der Waals surface area (Å²) in [4.78, 5) is 3.94. The van der Waals surface area contributed by atoms with Gasteiger partial charge in [0.25, 0.3) is 0 Å². The summed E-state index contributed by atoms with van der Waals surface area (Å²) in [7, 11) is -3.35. The Kier molecular flexibility index (Phi) is 3.02. The van der Waals surface area contributed by atoms with E-state index in [1.165, 1.54) is 0 Å². The molecule has 5 heteroatoms. The monoisotopic (exact) mass is 251 g/mol. The number of hydrogen-bond donors (Lipinski definition) is 0. The van der Waals surface area contributed by atoms with Gasteiger partial charge in [0, 0.05) is 0 Å². The predicted molar refractivity (Wildman–Crippen MR) is 66.8 cm³/mol. The largest absolute Gasteiger partial charge is 0.487 e. The van der Waals surface area contributed by atoms with Gasteiger partial charge in [-0.2, -0.15) is 0 Å². The molecule has 0 saturated heterocycles. The molecule has 0 N–H and O–H groups in total. The van der Waals surface area contributed by atoms with E-state index in [1.807, 2.05) is 25.1 Å². The molecule has 4 nitrogen and oxygen atoms in total. The molecule has 0 fully saturated rings. The Morgan fingerprint density at radius 1 is 1.29 bits per heavy atom. The number of aliphatic imine (C=N–C) groups is 1. The first-order valence-electron chi connectivity index (χ1n) is 5.18. The highest BCUT2D eigenvalue weighted by Crippen LogP contribution is 2.16. The van der Waals surface area contributed by atoms with Gasteiger partial charge in [-0.25, -0.2) is 13.4 Å². The quantitative estimate of drug-likeness (QED) is 0.826. The van der Waals surface area contributed by atoms with Gasteiger partial charge in [-0.3, -0.25) is 0 Å². The van der Waals surface area contributed by atoms with Gasteiger partial charge in [0.2, 0.25) is 9.84 Å². The SMILES string of the molecule is CC1=CS(=O)(=O)C(COc2cccc(C)c2)=N1. The van der Waals surface area contributed by atoms with Crippen molar-refractivity contribution in [3.05, 3.63) is 40.9 Å². The maximum Gasteiger partial charge on any atom is 0.218 e. The normalized spacial score (nSPS) is 17.5. The van der Waals surface area contributed by atoms with Gasteiger partial charge in [0.1, 0.15) is 12.4 Å². The summed E-state index contributed by atoms with van der Waals surface area (Å²) < 4.78 is 28.6. The number of ether oxygens (including phenoxy) is 1. The molecule has 2 rings (SSSR count). The average Bonchev–Trinajstić information content (AvgIpc) is 2.48. The molecule has 1 aromatic carbocycles. The smallest absolute Gasteiger partial charge is 0.218 e. The molecule has 1 aliphatic heterocycles. The predicted octanol–water partition coefficient (Wildman–Crippen LogP) is 2.06. The molecule has 90 valence electrons. The molecule has 0 radical (unpaired) electrons. The van der Waals surface area contributed by atoms with Crippen LogP contribution in [0.1, 0.15) is 12.5 Å². The fourth-order valence-electron chi connectivity index (χ4n) is 1.54. The van der Waals surface area contributed by atoms with Crippen molar-refractivity contribution in [2.24, 2.45) is 4.99 Å². The number of sulfone groups is 1. The number of hydrogen-bond acceptors (Lipinski definition) is 4. The number of rotatable bonds is 3. The fraction of sp³-hybridized carbons (Fsp3) is 0.250. The standard InChI is InChI=1S/C12H13NO3S/c1-9-4-3-5-11(6-9)16-7-12-13-10(2)8-17(12,14)15/h3-6,8H,7H2,1-2H3.